The number of benzene rings is 1. The molecule has 4 aromatic rings. The van der Waals surface area contributed by atoms with Gasteiger partial charge in [-0.25, -0.2) is 9.78 Å². The van der Waals surface area contributed by atoms with Crippen LogP contribution in [0.3, 0.4) is 0 Å². The number of hydrogen-bond acceptors (Lipinski definition) is 6. The molecule has 130 valence electrons. The first-order valence-corrected chi connectivity index (χ1v) is 7.91. The van der Waals surface area contributed by atoms with Gasteiger partial charge in [0.2, 0.25) is 0 Å². The molecule has 0 aliphatic heterocycles. The molecule has 8 heteroatoms. The van der Waals surface area contributed by atoms with Crippen LogP contribution in [-0.4, -0.2) is 20.7 Å². The standard InChI is InChI=1S/C19H11N5O3/c20-10-13-11-22-24(16-7-3-4-8-21-16)17(13)23-18(25)14-9-12-5-1-2-6-15(12)27-19(14)26/h1-9,11H,(H,23,25). The number of nitrogens with zero attached hydrogens (tertiary/aromatic N) is 4. The monoisotopic (exact) mass is 357 g/mol. The first-order valence-electron chi connectivity index (χ1n) is 7.91. The normalized spacial score (nSPS) is 10.5. The molecule has 0 unspecified atom stereocenters. The minimum atomic E-state index is -0.770. The Morgan fingerprint density at radius 1 is 1.19 bits per heavy atom. The number of nitriles is 1. The summed E-state index contributed by atoms with van der Waals surface area (Å²) in [5, 5.41) is 16.6. The lowest BCUT2D eigenvalue weighted by molar-refractivity contribution is 0.102. The van der Waals surface area contributed by atoms with E-state index < -0.39 is 11.5 Å². The number of carbonyl (C=O) groups excluding carboxylic acids is 1. The molecule has 3 heterocycles. The predicted octanol–water partition coefficient (Wildman–Crippen LogP) is 2.50. The lowest BCUT2D eigenvalue weighted by atomic mass is 10.2. The van der Waals surface area contributed by atoms with Crippen molar-refractivity contribution in [3.8, 4) is 11.9 Å². The van der Waals surface area contributed by atoms with E-state index in [0.29, 0.717) is 16.8 Å². The molecule has 0 bridgehead atoms. The average molecular weight is 357 g/mol. The van der Waals surface area contributed by atoms with Crippen molar-refractivity contribution < 1.29 is 9.21 Å². The molecule has 1 aromatic carbocycles. The van der Waals surface area contributed by atoms with Crippen molar-refractivity contribution in [2.24, 2.45) is 0 Å². The van der Waals surface area contributed by atoms with Crippen molar-refractivity contribution in [3.63, 3.8) is 0 Å². The molecular formula is C19H11N5O3. The number of amides is 1. The van der Waals surface area contributed by atoms with Crippen LogP contribution in [0.15, 0.2) is 70.1 Å². The van der Waals surface area contributed by atoms with E-state index in [-0.39, 0.29) is 16.9 Å². The Kier molecular flexibility index (Phi) is 3.95. The van der Waals surface area contributed by atoms with Crippen molar-refractivity contribution >= 4 is 22.7 Å². The maximum atomic E-state index is 12.7. The summed E-state index contributed by atoms with van der Waals surface area (Å²) in [5.41, 5.74) is -0.422. The van der Waals surface area contributed by atoms with Gasteiger partial charge in [-0.1, -0.05) is 24.3 Å². The second-order valence-electron chi connectivity index (χ2n) is 5.56. The second kappa shape index (κ2) is 6.57. The van der Waals surface area contributed by atoms with Crippen LogP contribution in [-0.2, 0) is 0 Å². The van der Waals surface area contributed by atoms with E-state index in [1.54, 1.807) is 48.7 Å². The number of hydrogen-bond donors (Lipinski definition) is 1. The topological polar surface area (TPSA) is 114 Å². The molecule has 0 saturated carbocycles. The number of carbonyl (C=O) groups is 1. The summed E-state index contributed by atoms with van der Waals surface area (Å²) in [6.07, 6.45) is 2.87. The SMILES string of the molecule is N#Cc1cnn(-c2ccccn2)c1NC(=O)c1cc2ccccc2oc1=O. The van der Waals surface area contributed by atoms with Gasteiger partial charge in [0.05, 0.1) is 6.20 Å². The molecular weight excluding hydrogens is 346 g/mol. The van der Waals surface area contributed by atoms with Gasteiger partial charge in [0.25, 0.3) is 5.91 Å². The van der Waals surface area contributed by atoms with Gasteiger partial charge < -0.3 is 9.73 Å². The smallest absolute Gasteiger partial charge is 0.349 e. The van der Waals surface area contributed by atoms with Gasteiger partial charge in [-0.15, -0.1) is 0 Å². The number of nitrogens with one attached hydrogen (secondary N) is 1. The van der Waals surface area contributed by atoms with E-state index in [1.807, 2.05) is 6.07 Å². The molecule has 0 aliphatic rings. The maximum Gasteiger partial charge on any atom is 0.349 e. The summed E-state index contributed by atoms with van der Waals surface area (Å²) in [6.45, 7) is 0. The zero-order valence-corrected chi connectivity index (χ0v) is 13.8. The Morgan fingerprint density at radius 2 is 2.00 bits per heavy atom. The largest absolute Gasteiger partial charge is 0.422 e. The van der Waals surface area contributed by atoms with Crippen LogP contribution < -0.4 is 10.9 Å². The first kappa shape index (κ1) is 16.2. The van der Waals surface area contributed by atoms with Crippen LogP contribution in [0.25, 0.3) is 16.8 Å². The number of anilines is 1. The van der Waals surface area contributed by atoms with Gasteiger partial charge in [0.1, 0.15) is 22.8 Å². The zero-order valence-electron chi connectivity index (χ0n) is 13.8. The molecule has 0 fully saturated rings. The Bertz CT molecular complexity index is 1250. The van der Waals surface area contributed by atoms with E-state index in [4.69, 9.17) is 4.42 Å². The highest BCUT2D eigenvalue weighted by molar-refractivity contribution is 6.05. The number of para-hydroxylation sites is 1. The summed E-state index contributed by atoms with van der Waals surface area (Å²) in [6, 6.07) is 15.4. The summed E-state index contributed by atoms with van der Waals surface area (Å²) in [5.74, 6) is -0.169. The number of rotatable bonds is 3. The van der Waals surface area contributed by atoms with Crippen molar-refractivity contribution in [2.45, 2.75) is 0 Å². The highest BCUT2D eigenvalue weighted by Crippen LogP contribution is 2.19. The van der Waals surface area contributed by atoms with Gasteiger partial charge in [-0.3, -0.25) is 4.79 Å². The molecule has 27 heavy (non-hydrogen) atoms. The summed E-state index contributed by atoms with van der Waals surface area (Å²) in [4.78, 5) is 29.0. The number of aromatic nitrogens is 3. The molecule has 0 aliphatic carbocycles. The molecule has 0 atom stereocenters. The maximum absolute atomic E-state index is 12.7. The Labute approximate surface area is 152 Å². The second-order valence-corrected chi connectivity index (χ2v) is 5.56. The van der Waals surface area contributed by atoms with Crippen molar-refractivity contribution in [2.75, 3.05) is 5.32 Å². The fraction of sp³-hybridized carbons (Fsp3) is 0. The Balaban J connectivity index is 1.76. The highest BCUT2D eigenvalue weighted by Gasteiger charge is 2.19. The predicted molar refractivity (Wildman–Crippen MR) is 96.5 cm³/mol. The van der Waals surface area contributed by atoms with Gasteiger partial charge in [0.15, 0.2) is 11.6 Å². The summed E-state index contributed by atoms with van der Waals surface area (Å²) >= 11 is 0. The van der Waals surface area contributed by atoms with Crippen LogP contribution >= 0.6 is 0 Å². The third-order valence-corrected chi connectivity index (χ3v) is 3.87. The quantitative estimate of drug-likeness (QED) is 0.564. The van der Waals surface area contributed by atoms with E-state index in [2.05, 4.69) is 15.4 Å². The van der Waals surface area contributed by atoms with E-state index in [1.165, 1.54) is 16.9 Å². The minimum Gasteiger partial charge on any atom is -0.422 e. The molecule has 0 radical (unpaired) electrons. The molecule has 0 saturated heterocycles. The van der Waals surface area contributed by atoms with Crippen LogP contribution in [0.5, 0.6) is 0 Å². The molecule has 0 spiro atoms. The van der Waals surface area contributed by atoms with Gasteiger partial charge in [-0.2, -0.15) is 15.0 Å². The lowest BCUT2D eigenvalue weighted by Crippen LogP contribution is -2.22. The Morgan fingerprint density at radius 3 is 2.78 bits per heavy atom. The van der Waals surface area contributed by atoms with Crippen molar-refractivity contribution in [1.29, 1.82) is 5.26 Å². The minimum absolute atomic E-state index is 0.119. The van der Waals surface area contributed by atoms with E-state index >= 15 is 0 Å². The van der Waals surface area contributed by atoms with Crippen LogP contribution in [0.4, 0.5) is 5.82 Å². The third-order valence-electron chi connectivity index (χ3n) is 3.87. The average Bonchev–Trinajstić information content (AvgIpc) is 3.10. The molecule has 8 nitrogen and oxygen atoms in total. The Hall–Kier alpha value is -4.25. The van der Waals surface area contributed by atoms with Gasteiger partial charge in [0, 0.05) is 11.6 Å². The van der Waals surface area contributed by atoms with E-state index in [9.17, 15) is 14.9 Å². The molecule has 1 N–H and O–H groups in total. The van der Waals surface area contributed by atoms with Crippen LogP contribution in [0.1, 0.15) is 15.9 Å². The molecule has 4 rings (SSSR count). The summed E-state index contributed by atoms with van der Waals surface area (Å²) < 4.78 is 6.51. The van der Waals surface area contributed by atoms with Gasteiger partial charge >= 0.3 is 5.63 Å². The number of fused-ring (bicyclic) bond motifs is 1. The lowest BCUT2D eigenvalue weighted by Gasteiger charge is -2.08. The van der Waals surface area contributed by atoms with Crippen LogP contribution in [0, 0.1) is 11.3 Å². The zero-order chi connectivity index (χ0) is 18.8. The third kappa shape index (κ3) is 2.94. The fourth-order valence-electron chi connectivity index (χ4n) is 2.60. The van der Waals surface area contributed by atoms with Gasteiger partial charge in [-0.05, 0) is 24.3 Å². The van der Waals surface area contributed by atoms with Crippen molar-refractivity contribution in [3.05, 3.63) is 82.5 Å². The summed E-state index contributed by atoms with van der Waals surface area (Å²) in [7, 11) is 0. The highest BCUT2D eigenvalue weighted by atomic mass is 16.4. The van der Waals surface area contributed by atoms with Crippen molar-refractivity contribution in [1.82, 2.24) is 14.8 Å². The fourth-order valence-corrected chi connectivity index (χ4v) is 2.60. The van der Waals surface area contributed by atoms with Crippen LogP contribution in [0.2, 0.25) is 0 Å². The molecule has 3 aromatic heterocycles. The first-order chi connectivity index (χ1) is 13.2. The van der Waals surface area contributed by atoms with E-state index in [0.717, 1.165) is 0 Å². The molecule has 1 amide bonds. The number of pyridine rings is 1.